The summed E-state index contributed by atoms with van der Waals surface area (Å²) in [4.78, 5) is 10.8. The Morgan fingerprint density at radius 3 is 1.75 bits per heavy atom. The molecule has 0 amide bonds. The van der Waals surface area contributed by atoms with Crippen LogP contribution in [0.1, 0.15) is 130 Å². The lowest BCUT2D eigenvalue weighted by Gasteiger charge is -2.28. The number of fused-ring (bicyclic) bond motifs is 4. The Labute approximate surface area is 427 Å². The van der Waals surface area contributed by atoms with Crippen molar-refractivity contribution >= 4 is 32.8 Å². The second-order valence-corrected chi connectivity index (χ2v) is 23.8. The smallest absolute Gasteiger partial charge is 0.149 e. The fraction of sp³-hybridized carbons (Fsp3) is 0.284. The van der Waals surface area contributed by atoms with Gasteiger partial charge in [0.25, 0.3) is 0 Å². The third kappa shape index (κ3) is 8.61. The average Bonchev–Trinajstić information content (AvgIpc) is 3.87. The lowest BCUT2D eigenvalue weighted by Crippen LogP contribution is -2.17. The fourth-order valence-electron chi connectivity index (χ4n) is 10.6. The highest BCUT2D eigenvalue weighted by molar-refractivity contribution is 6.09. The first kappa shape index (κ1) is 48.4. The molecule has 10 aromatic rings. The van der Waals surface area contributed by atoms with Crippen molar-refractivity contribution in [3.8, 4) is 67.5 Å². The molecule has 0 aliphatic heterocycles. The van der Waals surface area contributed by atoms with E-state index >= 15 is 0 Å². The number of imidazole rings is 1. The van der Waals surface area contributed by atoms with Gasteiger partial charge in [-0.05, 0) is 139 Å². The molecule has 0 aliphatic carbocycles. The normalized spacial score (nSPS) is 12.6. The maximum absolute atomic E-state index is 12.8. The van der Waals surface area contributed by atoms with Gasteiger partial charge in [0, 0.05) is 51.7 Å². The van der Waals surface area contributed by atoms with Crippen molar-refractivity contribution in [3.63, 3.8) is 0 Å². The minimum atomic E-state index is -0.336. The quantitative estimate of drug-likeness (QED) is 0.165. The van der Waals surface area contributed by atoms with E-state index < -0.39 is 0 Å². The molecule has 0 unspecified atom stereocenters. The van der Waals surface area contributed by atoms with E-state index in [1.54, 1.807) is 0 Å². The van der Waals surface area contributed by atoms with Crippen molar-refractivity contribution in [2.24, 2.45) is 7.05 Å². The van der Waals surface area contributed by atoms with Gasteiger partial charge in [0.2, 0.25) is 0 Å². The summed E-state index contributed by atoms with van der Waals surface area (Å²) < 4.78 is 4.72. The molecule has 0 fully saturated rings. The second kappa shape index (κ2) is 17.8. The molecular formula is C67H70N4O. The summed E-state index contributed by atoms with van der Waals surface area (Å²) in [7, 11) is 2.17. The number of hydrogen-bond donors (Lipinski definition) is 1. The van der Waals surface area contributed by atoms with E-state index in [1.165, 1.54) is 49.6 Å². The lowest BCUT2D eigenvalue weighted by atomic mass is 9.78. The van der Waals surface area contributed by atoms with E-state index in [9.17, 15) is 5.11 Å². The summed E-state index contributed by atoms with van der Waals surface area (Å²) in [5, 5.41) is 15.3. The van der Waals surface area contributed by atoms with Gasteiger partial charge in [0.1, 0.15) is 11.6 Å². The van der Waals surface area contributed by atoms with E-state index in [0.29, 0.717) is 0 Å². The van der Waals surface area contributed by atoms with Gasteiger partial charge in [0.05, 0.1) is 28.0 Å². The van der Waals surface area contributed by atoms with Gasteiger partial charge in [-0.15, -0.1) is 0 Å². The Kier molecular flexibility index (Phi) is 12.0. The number of phenolic OH excluding ortho intramolecular Hbond substituents is 1. The summed E-state index contributed by atoms with van der Waals surface area (Å²) in [6.45, 7) is 29.4. The lowest BCUT2D eigenvalue weighted by molar-refractivity contribution is 0.446. The first-order valence-electron chi connectivity index (χ1n) is 25.8. The highest BCUT2D eigenvalue weighted by Crippen LogP contribution is 2.47. The molecule has 0 saturated heterocycles. The number of para-hydroxylation sites is 2. The zero-order valence-electron chi connectivity index (χ0n) is 44.8. The molecule has 0 atom stereocenters. The molecule has 364 valence electrons. The summed E-state index contributed by atoms with van der Waals surface area (Å²) in [5.41, 5.74) is 19.9. The van der Waals surface area contributed by atoms with Gasteiger partial charge >= 0.3 is 0 Å². The van der Waals surface area contributed by atoms with Crippen LogP contribution in [0.3, 0.4) is 0 Å². The fourth-order valence-corrected chi connectivity index (χ4v) is 10.6. The maximum Gasteiger partial charge on any atom is 0.149 e. The molecule has 10 rings (SSSR count). The molecule has 1 N–H and O–H groups in total. The molecule has 0 spiro atoms. The van der Waals surface area contributed by atoms with Crippen LogP contribution in [0.4, 0.5) is 0 Å². The van der Waals surface area contributed by atoms with Crippen molar-refractivity contribution < 1.29 is 5.11 Å². The number of aryl methyl sites for hydroxylation is 1. The minimum absolute atomic E-state index is 0.150. The van der Waals surface area contributed by atoms with Crippen molar-refractivity contribution in [1.82, 2.24) is 19.1 Å². The highest BCUT2D eigenvalue weighted by atomic mass is 16.3. The summed E-state index contributed by atoms with van der Waals surface area (Å²) in [5.74, 6) is 1.30. The minimum Gasteiger partial charge on any atom is -0.507 e. The number of rotatable bonds is 8. The van der Waals surface area contributed by atoms with Crippen LogP contribution >= 0.6 is 0 Å². The zero-order valence-corrected chi connectivity index (χ0v) is 44.8. The van der Waals surface area contributed by atoms with Gasteiger partial charge in [-0.1, -0.05) is 175 Å². The third-order valence-corrected chi connectivity index (χ3v) is 14.9. The number of pyridine rings is 1. The molecular weight excluding hydrogens is 877 g/mol. The van der Waals surface area contributed by atoms with Crippen LogP contribution in [-0.2, 0) is 23.3 Å². The third-order valence-electron chi connectivity index (χ3n) is 14.9. The number of hydrogen-bond acceptors (Lipinski definition) is 3. The van der Waals surface area contributed by atoms with Crippen LogP contribution in [0.25, 0.3) is 94.6 Å². The van der Waals surface area contributed by atoms with Gasteiger partial charge in [-0.2, -0.15) is 0 Å². The molecule has 72 heavy (non-hydrogen) atoms. The molecule has 3 heterocycles. The zero-order chi connectivity index (χ0) is 51.2. The summed E-state index contributed by atoms with van der Waals surface area (Å²) in [6.07, 6.45) is 1.92. The van der Waals surface area contributed by atoms with Crippen LogP contribution in [0.15, 0.2) is 152 Å². The number of aromatic nitrogens is 4. The highest BCUT2D eigenvalue weighted by Gasteiger charge is 2.31. The van der Waals surface area contributed by atoms with Gasteiger partial charge in [-0.3, -0.25) is 9.55 Å². The SMILES string of the molecule is CC(C)c1cc(-c2ccc3c4ccccc4n(C)c3c2)cc(C(C)C)c1-n1c(-c2cc(C(C)(C)C)cc(C(C)(C)C)c2O)nc2c(-c3cc(-c4cc(-c5ccccc5)ccn4)cc(C(C)(C)C)c3)cccc21. The Morgan fingerprint density at radius 2 is 1.08 bits per heavy atom. The summed E-state index contributed by atoms with van der Waals surface area (Å²) >= 11 is 0. The number of nitrogens with zero attached hydrogens (tertiary/aromatic N) is 4. The van der Waals surface area contributed by atoms with E-state index in [2.05, 4.69) is 252 Å². The number of benzene rings is 7. The summed E-state index contributed by atoms with van der Waals surface area (Å²) in [6, 6.07) is 53.2. The van der Waals surface area contributed by atoms with E-state index in [0.717, 1.165) is 72.7 Å². The van der Waals surface area contributed by atoms with Crippen molar-refractivity contribution in [3.05, 3.63) is 180 Å². The molecule has 5 nitrogen and oxygen atoms in total. The van der Waals surface area contributed by atoms with E-state index in [-0.39, 0.29) is 33.8 Å². The first-order chi connectivity index (χ1) is 34.1. The molecule has 3 aromatic heterocycles. The topological polar surface area (TPSA) is 55.9 Å². The molecule has 0 bridgehead atoms. The predicted octanol–water partition coefficient (Wildman–Crippen LogP) is 18.2. The van der Waals surface area contributed by atoms with Crippen molar-refractivity contribution in [2.45, 2.75) is 118 Å². The second-order valence-electron chi connectivity index (χ2n) is 23.8. The maximum atomic E-state index is 12.8. The molecule has 0 saturated carbocycles. The Hall–Kier alpha value is -7.24. The van der Waals surface area contributed by atoms with Crippen LogP contribution < -0.4 is 0 Å². The Bertz CT molecular complexity index is 3680. The van der Waals surface area contributed by atoms with E-state index in [1.807, 2.05) is 6.20 Å². The average molecular weight is 947 g/mol. The van der Waals surface area contributed by atoms with Crippen LogP contribution in [0.5, 0.6) is 5.75 Å². The molecule has 5 heteroatoms. The van der Waals surface area contributed by atoms with Crippen molar-refractivity contribution in [1.29, 1.82) is 0 Å². The van der Waals surface area contributed by atoms with E-state index in [4.69, 9.17) is 9.97 Å². The first-order valence-corrected chi connectivity index (χ1v) is 25.8. The van der Waals surface area contributed by atoms with Gasteiger partial charge < -0.3 is 9.67 Å². The Morgan fingerprint density at radius 1 is 0.472 bits per heavy atom. The largest absolute Gasteiger partial charge is 0.507 e. The Balaban J connectivity index is 1.28. The van der Waals surface area contributed by atoms with Crippen LogP contribution in [0, 0.1) is 0 Å². The van der Waals surface area contributed by atoms with Crippen molar-refractivity contribution in [2.75, 3.05) is 0 Å². The predicted molar refractivity (Wildman–Crippen MR) is 306 cm³/mol. The molecule has 0 aliphatic rings. The van der Waals surface area contributed by atoms with Crippen LogP contribution in [0.2, 0.25) is 0 Å². The number of phenols is 1. The van der Waals surface area contributed by atoms with Gasteiger partial charge in [0.15, 0.2) is 0 Å². The molecule has 7 aromatic carbocycles. The molecule has 0 radical (unpaired) electrons. The van der Waals surface area contributed by atoms with Crippen LogP contribution in [-0.4, -0.2) is 24.2 Å². The van der Waals surface area contributed by atoms with Gasteiger partial charge in [-0.25, -0.2) is 4.98 Å². The number of aromatic hydroxyl groups is 1. The standard InChI is InChI=1S/C67H70N4O/c1-40(2)53-34-45(43-27-28-52-51-23-18-19-25-58(51)70(14)60(52)37-43)35-54(41(3)4)62(53)71-59-26-20-24-50(61(59)69-64(71)55-38-49(66(8,9)10)39-56(63(55)72)67(11,12)13)46-31-47(33-48(32-46)65(5,6)7)57-36-44(29-30-68-57)42-21-16-15-17-22-42/h15-41,72H,1-14H3. The monoisotopic (exact) mass is 947 g/mol.